The first-order valence-corrected chi connectivity index (χ1v) is 11.8. The second-order valence-corrected chi connectivity index (χ2v) is 10.1. The minimum Gasteiger partial charge on any atom is -0.444 e. The zero-order chi connectivity index (χ0) is 22.3. The molecule has 172 valence electrons. The van der Waals surface area contributed by atoms with Gasteiger partial charge in [0.1, 0.15) is 5.60 Å². The van der Waals surface area contributed by atoms with Crippen molar-refractivity contribution in [2.45, 2.75) is 77.5 Å². The summed E-state index contributed by atoms with van der Waals surface area (Å²) in [4.78, 5) is 27.0. The van der Waals surface area contributed by atoms with E-state index in [9.17, 15) is 9.59 Å². The van der Waals surface area contributed by atoms with Gasteiger partial charge >= 0.3 is 6.09 Å². The van der Waals surface area contributed by atoms with Crippen molar-refractivity contribution in [2.75, 3.05) is 19.6 Å². The second-order valence-electron chi connectivity index (χ2n) is 10.1. The number of carbonyl (C=O) groups is 2. The van der Waals surface area contributed by atoms with E-state index in [0.717, 1.165) is 58.2 Å². The lowest BCUT2D eigenvalue weighted by molar-refractivity contribution is -0.127. The number of carbonyl (C=O) groups excluding carboxylic acids is 2. The van der Waals surface area contributed by atoms with Gasteiger partial charge in [-0.1, -0.05) is 30.3 Å². The molecular formula is C25H39N3O3. The normalized spacial score (nSPS) is 23.2. The molecule has 2 amide bonds. The third kappa shape index (κ3) is 8.17. The van der Waals surface area contributed by atoms with E-state index < -0.39 is 5.60 Å². The number of alkyl carbamates (subject to hydrolysis) is 1. The average Bonchev–Trinajstić information content (AvgIpc) is 2.73. The van der Waals surface area contributed by atoms with Crippen LogP contribution >= 0.6 is 0 Å². The molecule has 6 nitrogen and oxygen atoms in total. The fraction of sp³-hybridized carbons (Fsp3) is 0.680. The van der Waals surface area contributed by atoms with Crippen molar-refractivity contribution in [3.05, 3.63) is 35.9 Å². The first kappa shape index (κ1) is 23.6. The molecule has 0 spiro atoms. The molecule has 1 aliphatic carbocycles. The second kappa shape index (κ2) is 11.0. The minimum atomic E-state index is -0.475. The van der Waals surface area contributed by atoms with Crippen molar-refractivity contribution < 1.29 is 14.3 Å². The molecule has 0 bridgehead atoms. The van der Waals surface area contributed by atoms with Crippen LogP contribution < -0.4 is 10.6 Å². The molecule has 1 saturated heterocycles. The van der Waals surface area contributed by atoms with Crippen LogP contribution in [-0.2, 0) is 16.1 Å². The summed E-state index contributed by atoms with van der Waals surface area (Å²) in [5, 5.41) is 6.18. The van der Waals surface area contributed by atoms with Crippen molar-refractivity contribution >= 4 is 12.0 Å². The number of benzene rings is 1. The van der Waals surface area contributed by atoms with Crippen LogP contribution in [-0.4, -0.2) is 48.2 Å². The number of likely N-dealkylation sites (tertiary alicyclic amines) is 1. The van der Waals surface area contributed by atoms with Crippen LogP contribution in [0, 0.1) is 11.8 Å². The molecule has 0 unspecified atom stereocenters. The van der Waals surface area contributed by atoms with Gasteiger partial charge in [-0.25, -0.2) is 4.79 Å². The van der Waals surface area contributed by atoms with Gasteiger partial charge in [-0.3, -0.25) is 9.69 Å². The van der Waals surface area contributed by atoms with E-state index in [0.29, 0.717) is 18.5 Å². The molecule has 0 aromatic heterocycles. The van der Waals surface area contributed by atoms with Crippen molar-refractivity contribution in [1.82, 2.24) is 15.5 Å². The van der Waals surface area contributed by atoms with E-state index in [4.69, 9.17) is 4.74 Å². The van der Waals surface area contributed by atoms with Gasteiger partial charge in [0.05, 0.1) is 0 Å². The molecular weight excluding hydrogens is 390 g/mol. The van der Waals surface area contributed by atoms with Gasteiger partial charge in [-0.15, -0.1) is 0 Å². The zero-order valence-electron chi connectivity index (χ0n) is 19.4. The summed E-state index contributed by atoms with van der Waals surface area (Å²) in [5.74, 6) is 0.762. The van der Waals surface area contributed by atoms with Crippen molar-refractivity contribution in [1.29, 1.82) is 0 Å². The van der Waals surface area contributed by atoms with Gasteiger partial charge in [0.2, 0.25) is 5.91 Å². The fourth-order valence-corrected chi connectivity index (χ4v) is 4.57. The number of nitrogens with zero attached hydrogens (tertiary/aromatic N) is 1. The van der Waals surface area contributed by atoms with Crippen LogP contribution in [0.4, 0.5) is 4.79 Å². The summed E-state index contributed by atoms with van der Waals surface area (Å²) >= 11 is 0. The molecule has 1 aliphatic heterocycles. The standard InChI is InChI=1S/C25H39N3O3/c1-25(2,3)31-24(30)26-17-19-9-11-21(12-10-19)23(29)27-22-13-15-28(16-14-22)18-20-7-5-4-6-8-20/h4-8,19,21-22H,9-18H2,1-3H3,(H,26,30)(H,27,29). The van der Waals surface area contributed by atoms with Crippen LogP contribution in [0.3, 0.4) is 0 Å². The molecule has 2 aliphatic rings. The summed E-state index contributed by atoms with van der Waals surface area (Å²) < 4.78 is 5.30. The Hall–Kier alpha value is -2.08. The zero-order valence-corrected chi connectivity index (χ0v) is 19.4. The molecule has 0 radical (unpaired) electrons. The largest absolute Gasteiger partial charge is 0.444 e. The van der Waals surface area contributed by atoms with E-state index in [-0.39, 0.29) is 17.9 Å². The van der Waals surface area contributed by atoms with Gasteiger partial charge in [-0.05, 0) is 70.8 Å². The molecule has 6 heteroatoms. The number of piperidine rings is 1. The van der Waals surface area contributed by atoms with E-state index in [1.165, 1.54) is 5.56 Å². The molecule has 2 fully saturated rings. The van der Waals surface area contributed by atoms with E-state index in [1.807, 2.05) is 20.8 Å². The van der Waals surface area contributed by atoms with Crippen molar-refractivity contribution in [2.24, 2.45) is 11.8 Å². The fourth-order valence-electron chi connectivity index (χ4n) is 4.57. The Morgan fingerprint density at radius 3 is 2.26 bits per heavy atom. The lowest BCUT2D eigenvalue weighted by atomic mass is 9.81. The maximum Gasteiger partial charge on any atom is 0.407 e. The summed E-state index contributed by atoms with van der Waals surface area (Å²) in [6.07, 6.45) is 5.44. The third-order valence-electron chi connectivity index (χ3n) is 6.33. The van der Waals surface area contributed by atoms with Gasteiger partial charge in [0.15, 0.2) is 0 Å². The molecule has 2 N–H and O–H groups in total. The molecule has 3 rings (SSSR count). The molecule has 31 heavy (non-hydrogen) atoms. The summed E-state index contributed by atoms with van der Waals surface area (Å²) in [5.41, 5.74) is 0.875. The number of amides is 2. The lowest BCUT2D eigenvalue weighted by Gasteiger charge is -2.34. The molecule has 1 aromatic rings. The Bertz CT molecular complexity index is 700. The van der Waals surface area contributed by atoms with Crippen LogP contribution in [0.2, 0.25) is 0 Å². The summed E-state index contributed by atoms with van der Waals surface area (Å²) in [6.45, 7) is 9.27. The average molecular weight is 430 g/mol. The first-order valence-electron chi connectivity index (χ1n) is 11.8. The van der Waals surface area contributed by atoms with Crippen LogP contribution in [0.15, 0.2) is 30.3 Å². The summed E-state index contributed by atoms with van der Waals surface area (Å²) in [6, 6.07) is 10.9. The highest BCUT2D eigenvalue weighted by molar-refractivity contribution is 5.79. The SMILES string of the molecule is CC(C)(C)OC(=O)NCC1CCC(C(=O)NC2CCN(Cc3ccccc3)CC2)CC1. The number of hydrogen-bond donors (Lipinski definition) is 2. The first-order chi connectivity index (χ1) is 14.8. The highest BCUT2D eigenvalue weighted by atomic mass is 16.6. The van der Waals surface area contributed by atoms with E-state index >= 15 is 0 Å². The Morgan fingerprint density at radius 1 is 1.00 bits per heavy atom. The third-order valence-corrected chi connectivity index (χ3v) is 6.33. The highest BCUT2D eigenvalue weighted by Gasteiger charge is 2.29. The maximum absolute atomic E-state index is 12.8. The Labute approximate surface area is 187 Å². The van der Waals surface area contributed by atoms with E-state index in [2.05, 4.69) is 45.9 Å². The van der Waals surface area contributed by atoms with Crippen LogP contribution in [0.1, 0.15) is 64.9 Å². The predicted octanol–water partition coefficient (Wildman–Crippen LogP) is 4.10. The molecule has 1 heterocycles. The number of hydrogen-bond acceptors (Lipinski definition) is 4. The highest BCUT2D eigenvalue weighted by Crippen LogP contribution is 2.29. The molecule has 0 atom stereocenters. The quantitative estimate of drug-likeness (QED) is 0.714. The van der Waals surface area contributed by atoms with Gasteiger partial charge in [-0.2, -0.15) is 0 Å². The number of ether oxygens (including phenoxy) is 1. The van der Waals surface area contributed by atoms with Crippen molar-refractivity contribution in [3.8, 4) is 0 Å². The topological polar surface area (TPSA) is 70.7 Å². The molecule has 1 saturated carbocycles. The predicted molar refractivity (Wildman–Crippen MR) is 123 cm³/mol. The summed E-state index contributed by atoms with van der Waals surface area (Å²) in [7, 11) is 0. The maximum atomic E-state index is 12.8. The minimum absolute atomic E-state index is 0.111. The Balaban J connectivity index is 1.31. The van der Waals surface area contributed by atoms with Crippen LogP contribution in [0.25, 0.3) is 0 Å². The van der Waals surface area contributed by atoms with Gasteiger partial charge in [0, 0.05) is 38.1 Å². The van der Waals surface area contributed by atoms with Crippen LogP contribution in [0.5, 0.6) is 0 Å². The lowest BCUT2D eigenvalue weighted by Crippen LogP contribution is -2.46. The Kier molecular flexibility index (Phi) is 8.35. The number of rotatable bonds is 6. The van der Waals surface area contributed by atoms with Gasteiger partial charge in [0.25, 0.3) is 0 Å². The number of nitrogens with one attached hydrogen (secondary N) is 2. The van der Waals surface area contributed by atoms with E-state index in [1.54, 1.807) is 0 Å². The monoisotopic (exact) mass is 429 g/mol. The van der Waals surface area contributed by atoms with Gasteiger partial charge < -0.3 is 15.4 Å². The Morgan fingerprint density at radius 2 is 1.65 bits per heavy atom. The smallest absolute Gasteiger partial charge is 0.407 e. The van der Waals surface area contributed by atoms with Crippen molar-refractivity contribution in [3.63, 3.8) is 0 Å². The molecule has 1 aromatic carbocycles.